The second-order valence-electron chi connectivity index (χ2n) is 2.64. The smallest absolute Gasteiger partial charge is 0.101 e. The Morgan fingerprint density at radius 3 is 3.00 bits per heavy atom. The van der Waals surface area contributed by atoms with Crippen LogP contribution in [0.25, 0.3) is 0 Å². The van der Waals surface area contributed by atoms with Crippen LogP contribution in [0.1, 0.15) is 12.8 Å². The number of hydrogen-bond donors (Lipinski definition) is 1. The summed E-state index contributed by atoms with van der Waals surface area (Å²) in [6.07, 6.45) is 2.61. The molecule has 54 valence electrons. The van der Waals surface area contributed by atoms with Gasteiger partial charge in [0.2, 0.25) is 0 Å². The van der Waals surface area contributed by atoms with Crippen LogP contribution in [0, 0.1) is 0 Å². The molecule has 2 aliphatic rings. The van der Waals surface area contributed by atoms with Gasteiger partial charge in [-0.2, -0.15) is 0 Å². The summed E-state index contributed by atoms with van der Waals surface area (Å²) in [6, 6.07) is 0. The normalized spacial score (nSPS) is 30.8. The number of fused-ring (bicyclic) bond motifs is 1. The largest absolute Gasteiger partial charge is 0.358 e. The highest BCUT2D eigenvalue weighted by Crippen LogP contribution is 2.21. The molecule has 2 fully saturated rings. The first-order chi connectivity index (χ1) is 4.77. The molecule has 0 saturated carbocycles. The maximum Gasteiger partial charge on any atom is 0.101 e. The van der Waals surface area contributed by atoms with Crippen molar-refractivity contribution in [3.8, 4) is 0 Å². The monoisotopic (exact) mass is 172 g/mol. The van der Waals surface area contributed by atoms with Crippen LogP contribution in [-0.2, 0) is 0 Å². The zero-order valence-corrected chi connectivity index (χ0v) is 7.10. The molecule has 2 heterocycles. The molecule has 2 aliphatic heterocycles. The van der Waals surface area contributed by atoms with E-state index in [9.17, 15) is 0 Å². The summed E-state index contributed by atoms with van der Waals surface area (Å²) in [4.78, 5) is 4.18. The molecular formula is C6H8N2S2. The van der Waals surface area contributed by atoms with Crippen LogP contribution in [0.4, 0.5) is 0 Å². The van der Waals surface area contributed by atoms with Crippen molar-refractivity contribution in [1.29, 1.82) is 0 Å². The standard InChI is InChI=1S/C6H8N2S2/c9-5-3-8-4(7-5)1-2-6(8)10/h4H,1-3H2,(H,7,9). The van der Waals surface area contributed by atoms with Crippen molar-refractivity contribution in [2.75, 3.05) is 6.54 Å². The highest BCUT2D eigenvalue weighted by molar-refractivity contribution is 7.80. The van der Waals surface area contributed by atoms with Crippen molar-refractivity contribution < 1.29 is 0 Å². The third kappa shape index (κ3) is 0.828. The first-order valence-corrected chi connectivity index (χ1v) is 4.18. The second-order valence-corrected chi connectivity index (χ2v) is 3.61. The lowest BCUT2D eigenvalue weighted by molar-refractivity contribution is 0.401. The Bertz CT molecular complexity index is 202. The molecule has 10 heavy (non-hydrogen) atoms. The molecule has 0 spiro atoms. The number of nitrogens with zero attached hydrogens (tertiary/aromatic N) is 1. The van der Waals surface area contributed by atoms with Crippen LogP contribution >= 0.6 is 24.4 Å². The molecule has 2 nitrogen and oxygen atoms in total. The first kappa shape index (κ1) is 6.49. The molecule has 0 amide bonds. The predicted octanol–water partition coefficient (Wildman–Crippen LogP) is 0.666. The minimum absolute atomic E-state index is 0.431. The lowest BCUT2D eigenvalue weighted by atomic mass is 10.3. The van der Waals surface area contributed by atoms with Crippen molar-refractivity contribution in [3.63, 3.8) is 0 Å². The van der Waals surface area contributed by atoms with Crippen molar-refractivity contribution in [1.82, 2.24) is 10.2 Å². The molecule has 1 atom stereocenters. The molecular weight excluding hydrogens is 164 g/mol. The molecule has 0 bridgehead atoms. The van der Waals surface area contributed by atoms with Crippen LogP contribution in [-0.4, -0.2) is 27.6 Å². The maximum absolute atomic E-state index is 5.14. The molecule has 2 rings (SSSR count). The molecule has 1 N–H and O–H groups in total. The molecule has 1 unspecified atom stereocenters. The predicted molar refractivity (Wildman–Crippen MR) is 48.1 cm³/mol. The Morgan fingerprint density at radius 1 is 1.50 bits per heavy atom. The van der Waals surface area contributed by atoms with Crippen LogP contribution in [0.3, 0.4) is 0 Å². The molecule has 0 aromatic heterocycles. The molecule has 4 heteroatoms. The van der Waals surface area contributed by atoms with Gasteiger partial charge in [-0.15, -0.1) is 0 Å². The van der Waals surface area contributed by atoms with E-state index < -0.39 is 0 Å². The van der Waals surface area contributed by atoms with Crippen molar-refractivity contribution in [3.05, 3.63) is 0 Å². The second kappa shape index (κ2) is 2.13. The summed E-state index contributed by atoms with van der Waals surface area (Å²) < 4.78 is 0. The third-order valence-electron chi connectivity index (χ3n) is 1.97. The van der Waals surface area contributed by atoms with Gasteiger partial charge < -0.3 is 10.2 Å². The fourth-order valence-electron chi connectivity index (χ4n) is 1.47. The number of rotatable bonds is 0. The molecule has 0 aromatic rings. The van der Waals surface area contributed by atoms with E-state index in [0.717, 1.165) is 29.4 Å². The summed E-state index contributed by atoms with van der Waals surface area (Å²) in [5, 5.41) is 3.22. The Hall–Kier alpha value is -0.220. The minimum atomic E-state index is 0.431. The summed E-state index contributed by atoms with van der Waals surface area (Å²) >= 11 is 10.1. The van der Waals surface area contributed by atoms with E-state index in [2.05, 4.69) is 10.2 Å². The van der Waals surface area contributed by atoms with Gasteiger partial charge in [0.05, 0.1) is 16.5 Å². The van der Waals surface area contributed by atoms with E-state index in [1.165, 1.54) is 0 Å². The Balaban J connectivity index is 2.19. The van der Waals surface area contributed by atoms with Gasteiger partial charge in [-0.05, 0) is 6.42 Å². The van der Waals surface area contributed by atoms with Crippen LogP contribution in [0.2, 0.25) is 0 Å². The van der Waals surface area contributed by atoms with Crippen molar-refractivity contribution in [2.24, 2.45) is 0 Å². The van der Waals surface area contributed by atoms with Crippen LogP contribution in [0.5, 0.6) is 0 Å². The molecule has 0 aliphatic carbocycles. The molecule has 0 aromatic carbocycles. The zero-order chi connectivity index (χ0) is 7.14. The lowest BCUT2D eigenvalue weighted by Gasteiger charge is -2.14. The summed E-state index contributed by atoms with van der Waals surface area (Å²) in [7, 11) is 0. The van der Waals surface area contributed by atoms with Crippen molar-refractivity contribution in [2.45, 2.75) is 19.0 Å². The topological polar surface area (TPSA) is 15.3 Å². The fraction of sp³-hybridized carbons (Fsp3) is 0.667. The van der Waals surface area contributed by atoms with E-state index >= 15 is 0 Å². The third-order valence-corrected chi connectivity index (χ3v) is 2.66. The van der Waals surface area contributed by atoms with Gasteiger partial charge in [-0.1, -0.05) is 24.4 Å². The van der Waals surface area contributed by atoms with E-state index in [-0.39, 0.29) is 0 Å². The Morgan fingerprint density at radius 2 is 2.30 bits per heavy atom. The fourth-order valence-corrected chi connectivity index (χ4v) is 2.05. The van der Waals surface area contributed by atoms with Gasteiger partial charge in [0.15, 0.2) is 0 Å². The average Bonchev–Trinajstić information content (AvgIpc) is 2.35. The lowest BCUT2D eigenvalue weighted by Crippen LogP contribution is -2.31. The van der Waals surface area contributed by atoms with E-state index in [0.29, 0.717) is 6.17 Å². The summed E-state index contributed by atoms with van der Waals surface area (Å²) in [6.45, 7) is 0.846. The number of thiocarbonyl (C=S) groups is 2. The highest BCUT2D eigenvalue weighted by Gasteiger charge is 2.33. The van der Waals surface area contributed by atoms with Gasteiger partial charge in [0.1, 0.15) is 6.17 Å². The van der Waals surface area contributed by atoms with E-state index in [4.69, 9.17) is 24.4 Å². The quantitative estimate of drug-likeness (QED) is 0.540. The number of nitrogens with one attached hydrogen (secondary N) is 1. The maximum atomic E-state index is 5.14. The highest BCUT2D eigenvalue weighted by atomic mass is 32.1. The van der Waals surface area contributed by atoms with Crippen LogP contribution < -0.4 is 5.32 Å². The van der Waals surface area contributed by atoms with E-state index in [1.807, 2.05) is 0 Å². The molecule has 2 saturated heterocycles. The minimum Gasteiger partial charge on any atom is -0.358 e. The average molecular weight is 172 g/mol. The van der Waals surface area contributed by atoms with Gasteiger partial charge >= 0.3 is 0 Å². The van der Waals surface area contributed by atoms with Crippen LogP contribution in [0.15, 0.2) is 0 Å². The zero-order valence-electron chi connectivity index (χ0n) is 5.46. The van der Waals surface area contributed by atoms with Gasteiger partial charge in [-0.3, -0.25) is 0 Å². The Kier molecular flexibility index (Phi) is 1.38. The SMILES string of the molecule is S=C1CN2C(=S)CCC2N1. The molecule has 0 radical (unpaired) electrons. The summed E-state index contributed by atoms with van der Waals surface area (Å²) in [5.41, 5.74) is 0. The van der Waals surface area contributed by atoms with E-state index in [1.54, 1.807) is 0 Å². The number of hydrogen-bond acceptors (Lipinski definition) is 2. The van der Waals surface area contributed by atoms with Crippen molar-refractivity contribution >= 4 is 34.4 Å². The van der Waals surface area contributed by atoms with Gasteiger partial charge in [0.25, 0.3) is 0 Å². The summed E-state index contributed by atoms with van der Waals surface area (Å²) in [5.74, 6) is 0. The van der Waals surface area contributed by atoms with Gasteiger partial charge in [-0.25, -0.2) is 0 Å². The first-order valence-electron chi connectivity index (χ1n) is 3.36. The van der Waals surface area contributed by atoms with Gasteiger partial charge in [0, 0.05) is 6.42 Å². The Labute approximate surface area is 70.6 Å².